The normalized spacial score (nSPS) is 10.7. The highest BCUT2D eigenvalue weighted by Crippen LogP contribution is 2.21. The van der Waals surface area contributed by atoms with E-state index in [1.54, 1.807) is 24.0 Å². The molecule has 0 aliphatic rings. The second-order valence-corrected chi connectivity index (χ2v) is 6.50. The highest BCUT2D eigenvalue weighted by molar-refractivity contribution is 9.10. The highest BCUT2D eigenvalue weighted by atomic mass is 79.9. The molecule has 2 aromatic rings. The van der Waals surface area contributed by atoms with Gasteiger partial charge in [-0.1, -0.05) is 28.1 Å². The first kappa shape index (κ1) is 17.6. The smallest absolute Gasteiger partial charge is 0.277 e. The van der Waals surface area contributed by atoms with E-state index in [1.165, 1.54) is 4.90 Å². The number of nitrogens with one attached hydrogen (secondary N) is 1. The van der Waals surface area contributed by atoms with Gasteiger partial charge in [-0.15, -0.1) is 11.8 Å². The van der Waals surface area contributed by atoms with Crippen molar-refractivity contribution in [3.05, 3.63) is 58.1 Å². The zero-order valence-corrected chi connectivity index (χ0v) is 15.3. The van der Waals surface area contributed by atoms with Crippen molar-refractivity contribution in [3.8, 4) is 5.75 Å². The molecule has 120 valence electrons. The number of carbonyl (C=O) groups is 1. The minimum absolute atomic E-state index is 0.0795. The van der Waals surface area contributed by atoms with Crippen LogP contribution in [0.4, 0.5) is 0 Å². The lowest BCUT2D eigenvalue weighted by Gasteiger charge is -2.06. The van der Waals surface area contributed by atoms with E-state index in [9.17, 15) is 4.79 Å². The van der Waals surface area contributed by atoms with Gasteiger partial charge >= 0.3 is 0 Å². The van der Waals surface area contributed by atoms with Crippen LogP contribution in [0.1, 0.15) is 11.1 Å². The van der Waals surface area contributed by atoms with Gasteiger partial charge in [-0.25, -0.2) is 5.43 Å². The van der Waals surface area contributed by atoms with E-state index in [2.05, 4.69) is 26.5 Å². The van der Waals surface area contributed by atoms with Gasteiger partial charge in [0, 0.05) is 9.37 Å². The van der Waals surface area contributed by atoms with Gasteiger partial charge in [-0.2, -0.15) is 5.10 Å². The van der Waals surface area contributed by atoms with Crippen LogP contribution in [0.25, 0.3) is 0 Å². The van der Waals surface area contributed by atoms with Crippen molar-refractivity contribution in [1.29, 1.82) is 0 Å². The number of ether oxygens (including phenoxy) is 1. The molecule has 0 bridgehead atoms. The Balaban J connectivity index is 1.79. The lowest BCUT2D eigenvalue weighted by atomic mass is 10.2. The summed E-state index contributed by atoms with van der Waals surface area (Å²) in [4.78, 5) is 12.9. The molecule has 2 aromatic carbocycles. The quantitative estimate of drug-likeness (QED) is 0.459. The predicted molar refractivity (Wildman–Crippen MR) is 98.3 cm³/mol. The third kappa shape index (κ3) is 5.73. The third-order valence-electron chi connectivity index (χ3n) is 3.02. The van der Waals surface area contributed by atoms with E-state index in [1.807, 2.05) is 49.6 Å². The van der Waals surface area contributed by atoms with Crippen LogP contribution in [-0.4, -0.2) is 25.0 Å². The zero-order chi connectivity index (χ0) is 16.7. The molecule has 23 heavy (non-hydrogen) atoms. The maximum absolute atomic E-state index is 11.7. The molecule has 6 heteroatoms. The number of hydrogen-bond acceptors (Lipinski definition) is 4. The van der Waals surface area contributed by atoms with Crippen LogP contribution >= 0.6 is 27.7 Å². The lowest BCUT2D eigenvalue weighted by molar-refractivity contribution is -0.123. The van der Waals surface area contributed by atoms with Crippen molar-refractivity contribution >= 4 is 39.8 Å². The first-order valence-corrected chi connectivity index (χ1v) is 8.95. The van der Waals surface area contributed by atoms with Crippen molar-refractivity contribution in [2.24, 2.45) is 5.10 Å². The zero-order valence-electron chi connectivity index (χ0n) is 12.9. The fourth-order valence-electron chi connectivity index (χ4n) is 1.76. The van der Waals surface area contributed by atoms with Crippen molar-refractivity contribution in [1.82, 2.24) is 5.43 Å². The molecule has 0 unspecified atom stereocenters. The number of hydrazone groups is 1. The minimum atomic E-state index is -0.303. The molecule has 4 nitrogen and oxygen atoms in total. The molecule has 0 aromatic heterocycles. The lowest BCUT2D eigenvalue weighted by Crippen LogP contribution is -2.24. The van der Waals surface area contributed by atoms with Crippen molar-refractivity contribution < 1.29 is 9.53 Å². The van der Waals surface area contributed by atoms with Gasteiger partial charge in [-0.3, -0.25) is 4.79 Å². The molecule has 0 aliphatic heterocycles. The third-order valence-corrected chi connectivity index (χ3v) is 4.65. The van der Waals surface area contributed by atoms with Gasteiger partial charge in [0.15, 0.2) is 6.61 Å². The number of aryl methyl sites for hydroxylation is 1. The predicted octanol–water partition coefficient (Wildman–Crippen LogP) is 4.01. The fraction of sp³-hybridized carbons (Fsp3) is 0.176. The van der Waals surface area contributed by atoms with Crippen LogP contribution < -0.4 is 10.2 Å². The maximum Gasteiger partial charge on any atom is 0.277 e. The number of benzene rings is 2. The highest BCUT2D eigenvalue weighted by Gasteiger charge is 2.03. The molecule has 0 atom stereocenters. The number of rotatable bonds is 6. The fourth-order valence-corrected chi connectivity index (χ4v) is 2.41. The minimum Gasteiger partial charge on any atom is -0.484 e. The number of hydrogen-bond donors (Lipinski definition) is 1. The number of nitrogens with zero attached hydrogens (tertiary/aromatic N) is 1. The van der Waals surface area contributed by atoms with Crippen LogP contribution in [0.5, 0.6) is 5.75 Å². The number of amides is 1. The van der Waals surface area contributed by atoms with Crippen LogP contribution in [0.3, 0.4) is 0 Å². The first-order chi connectivity index (χ1) is 11.1. The summed E-state index contributed by atoms with van der Waals surface area (Å²) in [6.07, 6.45) is 3.63. The molecule has 0 heterocycles. The van der Waals surface area contributed by atoms with E-state index in [4.69, 9.17) is 4.74 Å². The molecule has 0 fully saturated rings. The van der Waals surface area contributed by atoms with Gasteiger partial charge in [0.2, 0.25) is 0 Å². The largest absolute Gasteiger partial charge is 0.484 e. The molecule has 2 rings (SSSR count). The van der Waals surface area contributed by atoms with Crippen LogP contribution in [0, 0.1) is 6.92 Å². The summed E-state index contributed by atoms with van der Waals surface area (Å²) in [5.41, 5.74) is 4.42. The molecular formula is C17H17BrN2O2S. The van der Waals surface area contributed by atoms with Crippen molar-refractivity contribution in [3.63, 3.8) is 0 Å². The summed E-state index contributed by atoms with van der Waals surface area (Å²) < 4.78 is 6.43. The average molecular weight is 393 g/mol. The van der Waals surface area contributed by atoms with Crippen LogP contribution in [0.2, 0.25) is 0 Å². The van der Waals surface area contributed by atoms with Gasteiger partial charge in [0.25, 0.3) is 5.91 Å². The van der Waals surface area contributed by atoms with E-state index in [-0.39, 0.29) is 12.5 Å². The standard InChI is InChI=1S/C17H17BrN2O2S/c1-12-9-14(5-8-16(12)18)22-11-17(21)20-19-10-13-3-6-15(23-2)7-4-13/h3-10H,11H2,1-2H3,(H,20,21). The summed E-state index contributed by atoms with van der Waals surface area (Å²) in [5.74, 6) is 0.347. The summed E-state index contributed by atoms with van der Waals surface area (Å²) >= 11 is 5.10. The van der Waals surface area contributed by atoms with Crippen molar-refractivity contribution in [2.45, 2.75) is 11.8 Å². The topological polar surface area (TPSA) is 50.7 Å². The van der Waals surface area contributed by atoms with E-state index >= 15 is 0 Å². The monoisotopic (exact) mass is 392 g/mol. The Bertz CT molecular complexity index is 702. The van der Waals surface area contributed by atoms with E-state index < -0.39 is 0 Å². The summed E-state index contributed by atoms with van der Waals surface area (Å²) in [6.45, 7) is 1.88. The van der Waals surface area contributed by atoms with Gasteiger partial charge in [0.1, 0.15) is 5.75 Å². The molecular weight excluding hydrogens is 376 g/mol. The molecule has 0 radical (unpaired) electrons. The molecule has 0 saturated carbocycles. The molecule has 1 N–H and O–H groups in total. The van der Waals surface area contributed by atoms with Crippen LogP contribution in [-0.2, 0) is 4.79 Å². The van der Waals surface area contributed by atoms with Crippen molar-refractivity contribution in [2.75, 3.05) is 12.9 Å². The Kier molecular flexibility index (Phi) is 6.67. The summed E-state index contributed by atoms with van der Waals surface area (Å²) in [5, 5.41) is 3.92. The second-order valence-electron chi connectivity index (χ2n) is 4.77. The maximum atomic E-state index is 11.7. The molecule has 1 amide bonds. The number of halogens is 1. The Morgan fingerprint density at radius 3 is 2.70 bits per heavy atom. The Morgan fingerprint density at radius 1 is 1.30 bits per heavy atom. The van der Waals surface area contributed by atoms with Crippen LogP contribution in [0.15, 0.2) is 56.9 Å². The Hall–Kier alpha value is -1.79. The van der Waals surface area contributed by atoms with Gasteiger partial charge < -0.3 is 4.74 Å². The first-order valence-electron chi connectivity index (χ1n) is 6.93. The summed E-state index contributed by atoms with van der Waals surface area (Å²) in [7, 11) is 0. The van der Waals surface area contributed by atoms with E-state index in [0.29, 0.717) is 5.75 Å². The molecule has 0 spiro atoms. The molecule has 0 aliphatic carbocycles. The van der Waals surface area contributed by atoms with E-state index in [0.717, 1.165) is 15.6 Å². The molecule has 0 saturated heterocycles. The Morgan fingerprint density at radius 2 is 2.04 bits per heavy atom. The second kappa shape index (κ2) is 8.74. The van der Waals surface area contributed by atoms with Gasteiger partial charge in [-0.05, 0) is 54.6 Å². The number of carbonyl (C=O) groups excluding carboxylic acids is 1. The Labute approximate surface area is 148 Å². The number of thioether (sulfide) groups is 1. The van der Waals surface area contributed by atoms with Gasteiger partial charge in [0.05, 0.1) is 6.21 Å². The average Bonchev–Trinajstić information content (AvgIpc) is 2.56. The SMILES string of the molecule is CSc1ccc(C=NNC(=O)COc2ccc(Br)c(C)c2)cc1. The summed E-state index contributed by atoms with van der Waals surface area (Å²) in [6, 6.07) is 13.5.